The van der Waals surface area contributed by atoms with Crippen LogP contribution in [-0.4, -0.2) is 64.8 Å². The van der Waals surface area contributed by atoms with Gasteiger partial charge in [0.05, 0.1) is 5.56 Å². The number of fused-ring (bicyclic) bond motifs is 1. The molecule has 1 aliphatic heterocycles. The van der Waals surface area contributed by atoms with E-state index in [9.17, 15) is 0 Å². The van der Waals surface area contributed by atoms with Crippen LogP contribution in [0.1, 0.15) is 22.3 Å². The molecule has 35 heavy (non-hydrogen) atoms. The molecule has 2 aliphatic rings. The second-order valence-corrected chi connectivity index (χ2v) is 9.53. The Kier molecular flexibility index (Phi) is 6.56. The molecule has 0 unspecified atom stereocenters. The summed E-state index contributed by atoms with van der Waals surface area (Å²) in [6.07, 6.45) is 4.60. The van der Waals surface area contributed by atoms with Crippen molar-refractivity contribution in [2.75, 3.05) is 64.3 Å². The number of hydrogen-bond donors (Lipinski definition) is 0. The van der Waals surface area contributed by atoms with Crippen molar-refractivity contribution in [2.24, 2.45) is 0 Å². The average molecular weight is 465 g/mol. The molecule has 1 fully saturated rings. The summed E-state index contributed by atoms with van der Waals surface area (Å²) in [5.41, 5.74) is 11.2. The van der Waals surface area contributed by atoms with Gasteiger partial charge in [0.15, 0.2) is 13.1 Å². The van der Waals surface area contributed by atoms with Gasteiger partial charge in [-0.3, -0.25) is 0 Å². The zero-order valence-corrected chi connectivity index (χ0v) is 21.2. The van der Waals surface area contributed by atoms with Crippen molar-refractivity contribution < 1.29 is 9.31 Å². The van der Waals surface area contributed by atoms with Crippen LogP contribution in [0.4, 0.5) is 11.4 Å². The molecular weight excluding hydrogens is 430 g/mol. The van der Waals surface area contributed by atoms with Gasteiger partial charge in [-0.25, -0.2) is 4.58 Å². The van der Waals surface area contributed by atoms with E-state index in [1.807, 2.05) is 0 Å². The Balaban J connectivity index is 1.72. The van der Waals surface area contributed by atoms with Crippen LogP contribution in [0.15, 0.2) is 84.9 Å². The monoisotopic (exact) mass is 464 g/mol. The van der Waals surface area contributed by atoms with E-state index in [-0.39, 0.29) is 0 Å². The van der Waals surface area contributed by atoms with Crippen LogP contribution in [0.25, 0.3) is 11.1 Å². The van der Waals surface area contributed by atoms with Gasteiger partial charge < -0.3 is 14.5 Å². The number of hydrogen-bond acceptors (Lipinski definition) is 3. The highest BCUT2D eigenvalue weighted by Gasteiger charge is 2.26. The summed E-state index contributed by atoms with van der Waals surface area (Å²) in [5.74, 6) is 0. The Morgan fingerprint density at radius 2 is 1.17 bits per heavy atom. The number of rotatable bonds is 4. The van der Waals surface area contributed by atoms with Crippen molar-refractivity contribution in [3.8, 4) is 0 Å². The van der Waals surface area contributed by atoms with Crippen molar-refractivity contribution >= 4 is 28.2 Å². The maximum atomic E-state index is 5.61. The first kappa shape index (κ1) is 23.1. The fourth-order valence-electron chi connectivity index (χ4n) is 4.91. The third kappa shape index (κ3) is 4.67. The zero-order valence-electron chi connectivity index (χ0n) is 21.2. The molecule has 0 N–H and O–H groups in total. The molecule has 5 rings (SSSR count). The van der Waals surface area contributed by atoms with E-state index in [0.717, 1.165) is 26.3 Å². The Bertz CT molecular complexity index is 1230. The van der Waals surface area contributed by atoms with E-state index < -0.39 is 0 Å². The fourth-order valence-corrected chi connectivity index (χ4v) is 4.91. The molecule has 0 spiro atoms. The quantitative estimate of drug-likeness (QED) is 0.496. The second-order valence-electron chi connectivity index (χ2n) is 9.53. The van der Waals surface area contributed by atoms with E-state index in [0.29, 0.717) is 0 Å². The molecule has 1 heterocycles. The zero-order chi connectivity index (χ0) is 24.4. The van der Waals surface area contributed by atoms with Crippen LogP contribution in [-0.2, 0) is 4.74 Å². The molecular formula is C31H34N3O+. The molecule has 0 amide bonds. The topological polar surface area (TPSA) is 18.7 Å². The molecule has 0 atom stereocenters. The van der Waals surface area contributed by atoms with E-state index >= 15 is 0 Å². The van der Waals surface area contributed by atoms with Crippen molar-refractivity contribution in [2.45, 2.75) is 0 Å². The minimum Gasteiger partial charge on any atom is -0.378 e. The Morgan fingerprint density at radius 3 is 1.69 bits per heavy atom. The van der Waals surface area contributed by atoms with Crippen molar-refractivity contribution in [3.63, 3.8) is 0 Å². The highest BCUT2D eigenvalue weighted by Crippen LogP contribution is 2.38. The van der Waals surface area contributed by atoms with Crippen molar-refractivity contribution in [1.82, 2.24) is 0 Å². The van der Waals surface area contributed by atoms with E-state index in [2.05, 4.69) is 128 Å². The minimum absolute atomic E-state index is 0.782. The Labute approximate surface area is 209 Å². The maximum Gasteiger partial charge on any atom is 0.208 e. The fraction of sp³-hybridized carbons (Fsp3) is 0.258. The predicted molar refractivity (Wildman–Crippen MR) is 148 cm³/mol. The summed E-state index contributed by atoms with van der Waals surface area (Å²) in [6.45, 7) is 3.42. The largest absolute Gasteiger partial charge is 0.378 e. The van der Waals surface area contributed by atoms with Gasteiger partial charge in [-0.15, -0.1) is 0 Å². The lowest BCUT2D eigenvalue weighted by molar-refractivity contribution is -0.548. The van der Waals surface area contributed by atoms with Crippen LogP contribution in [0.3, 0.4) is 0 Å². The van der Waals surface area contributed by atoms with E-state index in [4.69, 9.17) is 4.74 Å². The SMILES string of the molecule is CN(C)c1ccc(C(=C2C=CC(=[N+]3CCOCC3)c3ccccc32)c2ccc(N(C)C)cc2)cc1. The molecule has 4 nitrogen and oxygen atoms in total. The molecule has 0 radical (unpaired) electrons. The van der Waals surface area contributed by atoms with Gasteiger partial charge >= 0.3 is 0 Å². The van der Waals surface area contributed by atoms with Crippen LogP contribution >= 0.6 is 0 Å². The third-order valence-electron chi connectivity index (χ3n) is 6.87. The van der Waals surface area contributed by atoms with E-state index in [1.165, 1.54) is 50.5 Å². The Hall–Kier alpha value is -3.63. The number of nitrogens with zero attached hydrogens (tertiary/aromatic N) is 3. The van der Waals surface area contributed by atoms with Gasteiger partial charge in [-0.1, -0.05) is 42.5 Å². The number of anilines is 2. The van der Waals surface area contributed by atoms with E-state index in [1.54, 1.807) is 0 Å². The lowest BCUT2D eigenvalue weighted by Crippen LogP contribution is -2.34. The summed E-state index contributed by atoms with van der Waals surface area (Å²) < 4.78 is 8.06. The summed E-state index contributed by atoms with van der Waals surface area (Å²) in [4.78, 5) is 4.28. The van der Waals surface area contributed by atoms with Gasteiger partial charge in [0.1, 0.15) is 13.2 Å². The minimum atomic E-state index is 0.782. The Morgan fingerprint density at radius 1 is 0.657 bits per heavy atom. The normalized spacial score (nSPS) is 15.1. The number of allylic oxidation sites excluding steroid dienone is 3. The van der Waals surface area contributed by atoms with Crippen LogP contribution in [0, 0.1) is 0 Å². The summed E-state index contributed by atoms with van der Waals surface area (Å²) in [7, 11) is 8.32. The molecule has 0 bridgehead atoms. The molecule has 1 saturated heterocycles. The van der Waals surface area contributed by atoms with Gasteiger partial charge in [0.2, 0.25) is 5.71 Å². The average Bonchev–Trinajstić information content (AvgIpc) is 2.90. The van der Waals surface area contributed by atoms with Gasteiger partial charge in [0.25, 0.3) is 0 Å². The maximum absolute atomic E-state index is 5.61. The number of morpholine rings is 1. The van der Waals surface area contributed by atoms with Gasteiger partial charge in [-0.05, 0) is 64.2 Å². The first-order valence-corrected chi connectivity index (χ1v) is 12.3. The van der Waals surface area contributed by atoms with Crippen molar-refractivity contribution in [1.29, 1.82) is 0 Å². The smallest absolute Gasteiger partial charge is 0.208 e. The summed E-state index contributed by atoms with van der Waals surface area (Å²) in [5, 5.41) is 0. The van der Waals surface area contributed by atoms with Crippen LogP contribution < -0.4 is 9.80 Å². The summed E-state index contributed by atoms with van der Waals surface area (Å²) in [6, 6.07) is 26.6. The molecule has 0 aromatic heterocycles. The van der Waals surface area contributed by atoms with Crippen molar-refractivity contribution in [3.05, 3.63) is 107 Å². The molecule has 3 aromatic rings. The highest BCUT2D eigenvalue weighted by atomic mass is 16.5. The first-order chi connectivity index (χ1) is 17.0. The number of ether oxygens (including phenoxy) is 1. The van der Waals surface area contributed by atoms with Gasteiger partial charge in [-0.2, -0.15) is 0 Å². The van der Waals surface area contributed by atoms with Crippen LogP contribution in [0.2, 0.25) is 0 Å². The third-order valence-corrected chi connectivity index (χ3v) is 6.87. The second kappa shape index (κ2) is 9.93. The highest BCUT2D eigenvalue weighted by molar-refractivity contribution is 6.17. The molecule has 3 aromatic carbocycles. The predicted octanol–water partition coefficient (Wildman–Crippen LogP) is 5.18. The standard InChI is InChI=1S/C31H34N3O/c1-32(2)25-13-9-23(10-14-25)31(24-11-15-26(16-12-24)33(3)4)29-17-18-30(34-19-21-35-22-20-34)28-8-6-5-7-27(28)29/h5-18H,19-22H2,1-4H3/q+1. The lowest BCUT2D eigenvalue weighted by Gasteiger charge is -2.22. The molecule has 0 saturated carbocycles. The number of benzene rings is 3. The first-order valence-electron chi connectivity index (χ1n) is 12.3. The summed E-state index contributed by atoms with van der Waals surface area (Å²) >= 11 is 0. The van der Waals surface area contributed by atoms with Gasteiger partial charge in [0, 0.05) is 45.6 Å². The molecule has 4 heteroatoms. The lowest BCUT2D eigenvalue weighted by atomic mass is 9.83. The van der Waals surface area contributed by atoms with Crippen LogP contribution in [0.5, 0.6) is 0 Å². The molecule has 1 aliphatic carbocycles. The molecule has 178 valence electrons.